The third-order valence-electron chi connectivity index (χ3n) is 4.37. The van der Waals surface area contributed by atoms with Crippen molar-refractivity contribution in [2.24, 2.45) is 0 Å². The third-order valence-corrected chi connectivity index (χ3v) is 5.01. The lowest BCUT2D eigenvalue weighted by Gasteiger charge is -2.47. The molecule has 1 saturated heterocycles. The first kappa shape index (κ1) is 14.8. The van der Waals surface area contributed by atoms with Crippen molar-refractivity contribution in [3.63, 3.8) is 0 Å². The second-order valence-electron chi connectivity index (χ2n) is 5.44. The van der Waals surface area contributed by atoms with Crippen LogP contribution in [0.15, 0.2) is 22.7 Å². The van der Waals surface area contributed by atoms with Gasteiger partial charge in [-0.3, -0.25) is 0 Å². The number of hydrogen-bond acceptors (Lipinski definition) is 2. The predicted octanol–water partition coefficient (Wildman–Crippen LogP) is 3.95. The van der Waals surface area contributed by atoms with Gasteiger partial charge < -0.3 is 10.2 Å². The molecule has 1 N–H and O–H groups in total. The summed E-state index contributed by atoms with van der Waals surface area (Å²) in [6.07, 6.45) is 2.18. The zero-order valence-corrected chi connectivity index (χ0v) is 13.4. The molecule has 0 aliphatic carbocycles. The van der Waals surface area contributed by atoms with Crippen molar-refractivity contribution < 1.29 is 4.39 Å². The van der Waals surface area contributed by atoms with Crippen LogP contribution in [0.1, 0.15) is 33.6 Å². The van der Waals surface area contributed by atoms with Crippen LogP contribution in [0.2, 0.25) is 0 Å². The lowest BCUT2D eigenvalue weighted by atomic mass is 9.88. The van der Waals surface area contributed by atoms with Crippen LogP contribution in [-0.4, -0.2) is 24.7 Å². The predicted molar refractivity (Wildman–Crippen MR) is 82.2 cm³/mol. The van der Waals surface area contributed by atoms with E-state index < -0.39 is 0 Å². The van der Waals surface area contributed by atoms with E-state index in [0.29, 0.717) is 10.5 Å². The molecule has 0 spiro atoms. The molecule has 0 bridgehead atoms. The Labute approximate surface area is 123 Å². The molecule has 0 aromatic heterocycles. The van der Waals surface area contributed by atoms with Gasteiger partial charge in [0.05, 0.1) is 4.47 Å². The molecule has 0 amide bonds. The normalized spacial score (nSPS) is 22.6. The lowest BCUT2D eigenvalue weighted by molar-refractivity contribution is 0.253. The Morgan fingerprint density at radius 1 is 1.42 bits per heavy atom. The summed E-state index contributed by atoms with van der Waals surface area (Å²) in [4.78, 5) is 2.32. The summed E-state index contributed by atoms with van der Waals surface area (Å²) in [6, 6.07) is 5.79. The zero-order valence-electron chi connectivity index (χ0n) is 11.8. The van der Waals surface area contributed by atoms with Gasteiger partial charge in [-0.05, 0) is 53.9 Å². The molecule has 1 aliphatic rings. The summed E-state index contributed by atoms with van der Waals surface area (Å²) in [5.41, 5.74) is 1.12. The summed E-state index contributed by atoms with van der Waals surface area (Å²) in [7, 11) is 0. The molecule has 1 atom stereocenters. The van der Waals surface area contributed by atoms with Crippen LogP contribution in [0.4, 0.5) is 10.1 Å². The Kier molecular flexibility index (Phi) is 4.51. The molecule has 0 saturated carbocycles. The van der Waals surface area contributed by atoms with Gasteiger partial charge in [-0.15, -0.1) is 0 Å². The molecule has 4 heteroatoms. The quantitative estimate of drug-likeness (QED) is 0.903. The Bertz CT molecular complexity index is 446. The van der Waals surface area contributed by atoms with Gasteiger partial charge in [0.2, 0.25) is 0 Å². The van der Waals surface area contributed by atoms with E-state index in [1.165, 1.54) is 0 Å². The van der Waals surface area contributed by atoms with E-state index in [-0.39, 0.29) is 11.4 Å². The molecule has 0 radical (unpaired) electrons. The minimum Gasteiger partial charge on any atom is -0.366 e. The molecule has 1 unspecified atom stereocenters. The third kappa shape index (κ3) is 2.95. The van der Waals surface area contributed by atoms with Gasteiger partial charge in [0.1, 0.15) is 5.82 Å². The summed E-state index contributed by atoms with van der Waals surface area (Å²) in [6.45, 7) is 8.49. The SMILES string of the molecule is CCC1(CC)CN(c2ccc(Br)c(F)c2)C(C)CN1. The van der Waals surface area contributed by atoms with Crippen molar-refractivity contribution in [1.82, 2.24) is 5.32 Å². The number of rotatable bonds is 3. The highest BCUT2D eigenvalue weighted by Gasteiger charge is 2.35. The molecule has 106 valence electrons. The van der Waals surface area contributed by atoms with E-state index in [0.717, 1.165) is 31.6 Å². The molecular formula is C15H22BrFN2. The molecule has 2 rings (SSSR count). The second-order valence-corrected chi connectivity index (χ2v) is 6.30. The average Bonchev–Trinajstić information content (AvgIpc) is 2.43. The number of nitrogens with zero attached hydrogens (tertiary/aromatic N) is 1. The lowest BCUT2D eigenvalue weighted by Crippen LogP contribution is -2.63. The van der Waals surface area contributed by atoms with Gasteiger partial charge >= 0.3 is 0 Å². The number of piperazine rings is 1. The van der Waals surface area contributed by atoms with Gasteiger partial charge in [0, 0.05) is 30.4 Å². The summed E-state index contributed by atoms with van der Waals surface area (Å²) >= 11 is 3.21. The monoisotopic (exact) mass is 328 g/mol. The van der Waals surface area contributed by atoms with E-state index in [1.54, 1.807) is 12.1 Å². The molecular weight excluding hydrogens is 307 g/mol. The molecule has 19 heavy (non-hydrogen) atoms. The first-order valence-electron chi connectivity index (χ1n) is 6.98. The Morgan fingerprint density at radius 3 is 2.68 bits per heavy atom. The highest BCUT2D eigenvalue weighted by Crippen LogP contribution is 2.29. The van der Waals surface area contributed by atoms with Gasteiger partial charge in [0.25, 0.3) is 0 Å². The van der Waals surface area contributed by atoms with Crippen LogP contribution in [-0.2, 0) is 0 Å². The molecule has 1 fully saturated rings. The number of halogens is 2. The highest BCUT2D eigenvalue weighted by atomic mass is 79.9. The summed E-state index contributed by atoms with van der Waals surface area (Å²) < 4.78 is 14.3. The fraction of sp³-hybridized carbons (Fsp3) is 0.600. The van der Waals surface area contributed by atoms with Crippen LogP contribution in [0.3, 0.4) is 0 Å². The first-order chi connectivity index (χ1) is 9.01. The molecule has 2 nitrogen and oxygen atoms in total. The van der Waals surface area contributed by atoms with Crippen molar-refractivity contribution in [2.75, 3.05) is 18.0 Å². The highest BCUT2D eigenvalue weighted by molar-refractivity contribution is 9.10. The van der Waals surface area contributed by atoms with E-state index in [1.807, 2.05) is 6.07 Å². The summed E-state index contributed by atoms with van der Waals surface area (Å²) in [5, 5.41) is 3.66. The minimum absolute atomic E-state index is 0.149. The van der Waals surface area contributed by atoms with Crippen molar-refractivity contribution in [3.05, 3.63) is 28.5 Å². The van der Waals surface area contributed by atoms with E-state index in [2.05, 4.69) is 46.9 Å². The van der Waals surface area contributed by atoms with Gasteiger partial charge in [-0.1, -0.05) is 13.8 Å². The van der Waals surface area contributed by atoms with Crippen LogP contribution in [0.5, 0.6) is 0 Å². The fourth-order valence-corrected chi connectivity index (χ4v) is 2.99. The number of hydrogen-bond donors (Lipinski definition) is 1. The van der Waals surface area contributed by atoms with Crippen molar-refractivity contribution in [3.8, 4) is 0 Å². The maximum atomic E-state index is 13.7. The van der Waals surface area contributed by atoms with Crippen molar-refractivity contribution >= 4 is 21.6 Å². The second kappa shape index (κ2) is 5.80. The summed E-state index contributed by atoms with van der Waals surface area (Å²) in [5.74, 6) is -0.193. The van der Waals surface area contributed by atoms with Crippen LogP contribution in [0, 0.1) is 5.82 Å². The zero-order chi connectivity index (χ0) is 14.0. The molecule has 1 aliphatic heterocycles. The Balaban J connectivity index is 2.28. The fourth-order valence-electron chi connectivity index (χ4n) is 2.75. The largest absolute Gasteiger partial charge is 0.366 e. The Morgan fingerprint density at radius 2 is 2.11 bits per heavy atom. The number of benzene rings is 1. The maximum absolute atomic E-state index is 13.7. The maximum Gasteiger partial charge on any atom is 0.139 e. The van der Waals surface area contributed by atoms with E-state index in [4.69, 9.17) is 0 Å². The molecule has 1 aromatic carbocycles. The van der Waals surface area contributed by atoms with E-state index >= 15 is 0 Å². The van der Waals surface area contributed by atoms with Gasteiger partial charge in [-0.2, -0.15) is 0 Å². The first-order valence-corrected chi connectivity index (χ1v) is 7.77. The van der Waals surface area contributed by atoms with Crippen molar-refractivity contribution in [2.45, 2.75) is 45.2 Å². The van der Waals surface area contributed by atoms with Crippen LogP contribution >= 0.6 is 15.9 Å². The standard InChI is InChI=1S/C15H22BrFN2/c1-4-15(5-2)10-19(11(3)9-18-15)12-6-7-13(16)14(17)8-12/h6-8,11,18H,4-5,9-10H2,1-3H3. The van der Waals surface area contributed by atoms with Crippen LogP contribution in [0.25, 0.3) is 0 Å². The number of anilines is 1. The minimum atomic E-state index is -0.193. The Hall–Kier alpha value is -0.610. The molecule has 1 aromatic rings. The number of nitrogens with one attached hydrogen (secondary N) is 1. The topological polar surface area (TPSA) is 15.3 Å². The van der Waals surface area contributed by atoms with Gasteiger partial charge in [-0.25, -0.2) is 4.39 Å². The smallest absolute Gasteiger partial charge is 0.139 e. The van der Waals surface area contributed by atoms with Crippen molar-refractivity contribution in [1.29, 1.82) is 0 Å². The average molecular weight is 329 g/mol. The van der Waals surface area contributed by atoms with E-state index in [9.17, 15) is 4.39 Å². The van der Waals surface area contributed by atoms with Gasteiger partial charge in [0.15, 0.2) is 0 Å². The van der Waals surface area contributed by atoms with Crippen LogP contribution < -0.4 is 10.2 Å². The molecule has 1 heterocycles.